The van der Waals surface area contributed by atoms with Crippen LogP contribution in [-0.4, -0.2) is 40.5 Å². The van der Waals surface area contributed by atoms with Gasteiger partial charge in [0, 0.05) is 18.3 Å². The van der Waals surface area contributed by atoms with Gasteiger partial charge >= 0.3 is 0 Å². The third-order valence-corrected chi connectivity index (χ3v) is 6.45. The first-order valence-corrected chi connectivity index (χ1v) is 11.7. The number of anilines is 1. The van der Waals surface area contributed by atoms with Crippen LogP contribution in [-0.2, 0) is 13.2 Å². The molecular formula is C28H33FN2O3. The van der Waals surface area contributed by atoms with Crippen LogP contribution < -0.4 is 24.4 Å². The molecule has 5 nitrogen and oxygen atoms in total. The normalized spacial score (nSPS) is 14.0. The molecule has 4 rings (SSSR count). The Morgan fingerprint density at radius 1 is 0.824 bits per heavy atom. The molecule has 1 fully saturated rings. The number of alkyl halides is 1. The second-order valence-electron chi connectivity index (χ2n) is 8.52. The van der Waals surface area contributed by atoms with E-state index in [0.29, 0.717) is 28.9 Å². The Bertz CT molecular complexity index is 1060. The van der Waals surface area contributed by atoms with Crippen molar-refractivity contribution in [1.29, 1.82) is 0 Å². The van der Waals surface area contributed by atoms with Crippen molar-refractivity contribution in [2.75, 3.05) is 39.3 Å². The van der Waals surface area contributed by atoms with Gasteiger partial charge in [0.05, 0.1) is 21.3 Å². The number of piperidine rings is 1. The van der Waals surface area contributed by atoms with Gasteiger partial charge < -0.3 is 24.4 Å². The Balaban J connectivity index is 1.66. The fourth-order valence-corrected chi connectivity index (χ4v) is 4.62. The van der Waals surface area contributed by atoms with Crippen LogP contribution in [0.25, 0.3) is 11.1 Å². The van der Waals surface area contributed by atoms with E-state index in [9.17, 15) is 4.39 Å². The Kier molecular flexibility index (Phi) is 7.91. The fraction of sp³-hybridized carbons (Fsp3) is 0.357. The average molecular weight is 465 g/mol. The van der Waals surface area contributed by atoms with Crippen LogP contribution in [0.2, 0.25) is 0 Å². The highest BCUT2D eigenvalue weighted by atomic mass is 19.1. The standard InChI is InChI=1S/C28H33FN2O3/c1-32-26-16-23(17-27(33-2)28(26)34-3)22-6-4-5-21(15-22)19-31(25-11-13-30-14-12-25)24-9-7-20(18-29)8-10-24/h4-10,15-17,25,30H,11-14,18-19H2,1-3H3. The van der Waals surface area contributed by atoms with E-state index in [1.165, 1.54) is 5.56 Å². The molecule has 0 aliphatic carbocycles. The molecule has 0 unspecified atom stereocenters. The maximum Gasteiger partial charge on any atom is 0.203 e. The number of ether oxygens (including phenoxy) is 3. The number of hydrogen-bond acceptors (Lipinski definition) is 5. The van der Waals surface area contributed by atoms with Crippen LogP contribution in [0.15, 0.2) is 60.7 Å². The highest BCUT2D eigenvalue weighted by Crippen LogP contribution is 2.41. The van der Waals surface area contributed by atoms with Crippen LogP contribution >= 0.6 is 0 Å². The van der Waals surface area contributed by atoms with Crippen molar-refractivity contribution >= 4 is 5.69 Å². The number of hydrogen-bond donors (Lipinski definition) is 1. The van der Waals surface area contributed by atoms with Crippen molar-refractivity contribution in [1.82, 2.24) is 5.32 Å². The zero-order chi connectivity index (χ0) is 23.9. The number of nitrogens with zero attached hydrogens (tertiary/aromatic N) is 1. The highest BCUT2D eigenvalue weighted by molar-refractivity contribution is 5.71. The molecule has 0 amide bonds. The molecule has 1 N–H and O–H groups in total. The van der Waals surface area contributed by atoms with Gasteiger partial charge in [0.15, 0.2) is 11.5 Å². The smallest absolute Gasteiger partial charge is 0.203 e. The minimum Gasteiger partial charge on any atom is -0.493 e. The summed E-state index contributed by atoms with van der Waals surface area (Å²) in [4.78, 5) is 2.46. The number of benzene rings is 3. The van der Waals surface area contributed by atoms with Crippen molar-refractivity contribution in [2.24, 2.45) is 0 Å². The number of rotatable bonds is 9. The summed E-state index contributed by atoms with van der Waals surface area (Å²) in [6.07, 6.45) is 2.16. The van der Waals surface area contributed by atoms with Crippen LogP contribution in [0.5, 0.6) is 17.2 Å². The zero-order valence-corrected chi connectivity index (χ0v) is 20.1. The van der Waals surface area contributed by atoms with Gasteiger partial charge in [0.2, 0.25) is 5.75 Å². The number of nitrogens with one attached hydrogen (secondary N) is 1. The average Bonchev–Trinajstić information content (AvgIpc) is 2.91. The fourth-order valence-electron chi connectivity index (χ4n) is 4.62. The summed E-state index contributed by atoms with van der Waals surface area (Å²) in [5.41, 5.74) is 5.12. The molecule has 3 aromatic rings. The van der Waals surface area contributed by atoms with Crippen molar-refractivity contribution < 1.29 is 18.6 Å². The molecule has 3 aromatic carbocycles. The second-order valence-corrected chi connectivity index (χ2v) is 8.52. The van der Waals surface area contributed by atoms with Crippen molar-refractivity contribution in [3.05, 3.63) is 71.8 Å². The summed E-state index contributed by atoms with van der Waals surface area (Å²) in [5.74, 6) is 1.84. The molecule has 1 heterocycles. The van der Waals surface area contributed by atoms with Gasteiger partial charge in [-0.05, 0) is 78.5 Å². The monoisotopic (exact) mass is 464 g/mol. The molecule has 1 aliphatic heterocycles. The second kappa shape index (κ2) is 11.3. The summed E-state index contributed by atoms with van der Waals surface area (Å²) < 4.78 is 29.6. The van der Waals surface area contributed by atoms with E-state index in [-0.39, 0.29) is 0 Å². The first-order valence-electron chi connectivity index (χ1n) is 11.7. The van der Waals surface area contributed by atoms with Gasteiger partial charge in [-0.1, -0.05) is 30.3 Å². The minimum atomic E-state index is -0.440. The molecule has 34 heavy (non-hydrogen) atoms. The largest absolute Gasteiger partial charge is 0.493 e. The maximum absolute atomic E-state index is 13.1. The molecule has 0 bridgehead atoms. The lowest BCUT2D eigenvalue weighted by atomic mass is 9.99. The van der Waals surface area contributed by atoms with Crippen molar-refractivity contribution in [3.63, 3.8) is 0 Å². The third kappa shape index (κ3) is 5.28. The van der Waals surface area contributed by atoms with Crippen LogP contribution in [0, 0.1) is 0 Å². The summed E-state index contributed by atoms with van der Waals surface area (Å²) in [5, 5.41) is 3.45. The molecule has 1 aliphatic rings. The van der Waals surface area contributed by atoms with E-state index in [1.807, 2.05) is 36.4 Å². The Morgan fingerprint density at radius 3 is 2.09 bits per heavy atom. The van der Waals surface area contributed by atoms with E-state index < -0.39 is 6.67 Å². The van der Waals surface area contributed by atoms with Gasteiger partial charge in [-0.15, -0.1) is 0 Å². The molecule has 0 saturated carbocycles. The molecule has 6 heteroatoms. The van der Waals surface area contributed by atoms with E-state index in [1.54, 1.807) is 21.3 Å². The Labute approximate surface area is 201 Å². The molecular weight excluding hydrogens is 431 g/mol. The quantitative estimate of drug-likeness (QED) is 0.446. The van der Waals surface area contributed by atoms with E-state index in [4.69, 9.17) is 14.2 Å². The lowest BCUT2D eigenvalue weighted by molar-refractivity contribution is 0.324. The summed E-state index contributed by atoms with van der Waals surface area (Å²) in [6, 6.07) is 20.8. The summed E-state index contributed by atoms with van der Waals surface area (Å²) in [7, 11) is 4.86. The van der Waals surface area contributed by atoms with E-state index in [2.05, 4.69) is 34.5 Å². The van der Waals surface area contributed by atoms with E-state index >= 15 is 0 Å². The minimum absolute atomic E-state index is 0.433. The molecule has 0 spiro atoms. The Hall–Kier alpha value is -3.25. The van der Waals surface area contributed by atoms with Gasteiger partial charge in [-0.2, -0.15) is 0 Å². The third-order valence-electron chi connectivity index (χ3n) is 6.45. The molecule has 180 valence electrons. The van der Waals surface area contributed by atoms with Crippen molar-refractivity contribution in [2.45, 2.75) is 32.1 Å². The van der Waals surface area contributed by atoms with Crippen LogP contribution in [0.1, 0.15) is 24.0 Å². The predicted molar refractivity (Wildman–Crippen MR) is 135 cm³/mol. The molecule has 0 atom stereocenters. The number of methoxy groups -OCH3 is 3. The first kappa shape index (κ1) is 23.9. The van der Waals surface area contributed by atoms with Crippen LogP contribution in [0.4, 0.5) is 10.1 Å². The summed E-state index contributed by atoms with van der Waals surface area (Å²) >= 11 is 0. The summed E-state index contributed by atoms with van der Waals surface area (Å²) in [6.45, 7) is 2.35. The molecule has 1 saturated heterocycles. The topological polar surface area (TPSA) is 43.0 Å². The maximum atomic E-state index is 13.1. The SMILES string of the molecule is COc1cc(-c2cccc(CN(c3ccc(CF)cc3)C3CCNCC3)c2)cc(OC)c1OC. The van der Waals surface area contributed by atoms with Gasteiger partial charge in [0.25, 0.3) is 0 Å². The predicted octanol–water partition coefficient (Wildman–Crippen LogP) is 5.61. The molecule has 0 aromatic heterocycles. The van der Waals surface area contributed by atoms with Gasteiger partial charge in [-0.25, -0.2) is 4.39 Å². The van der Waals surface area contributed by atoms with Crippen LogP contribution in [0.3, 0.4) is 0 Å². The highest BCUT2D eigenvalue weighted by Gasteiger charge is 2.22. The van der Waals surface area contributed by atoms with E-state index in [0.717, 1.165) is 49.3 Å². The van der Waals surface area contributed by atoms with Crippen molar-refractivity contribution in [3.8, 4) is 28.4 Å². The number of halogens is 1. The van der Waals surface area contributed by atoms with Gasteiger partial charge in [-0.3, -0.25) is 0 Å². The lowest BCUT2D eigenvalue weighted by Crippen LogP contribution is -2.43. The Morgan fingerprint density at radius 2 is 1.50 bits per heavy atom. The first-order chi connectivity index (χ1) is 16.7. The lowest BCUT2D eigenvalue weighted by Gasteiger charge is -2.36. The van der Waals surface area contributed by atoms with Gasteiger partial charge in [0.1, 0.15) is 6.67 Å². The molecule has 0 radical (unpaired) electrons. The zero-order valence-electron chi connectivity index (χ0n) is 20.1.